The van der Waals surface area contributed by atoms with Crippen molar-refractivity contribution in [2.24, 2.45) is 5.41 Å². The quantitative estimate of drug-likeness (QED) is 0.768. The molecule has 1 aliphatic rings. The number of nitrogens with zero attached hydrogens (tertiary/aromatic N) is 2. The SMILES string of the molecule is CC1(CNc2nnc(N)o2)CCCC1. The monoisotopic (exact) mass is 196 g/mol. The molecular weight excluding hydrogens is 180 g/mol. The van der Waals surface area contributed by atoms with E-state index in [0.29, 0.717) is 11.4 Å². The predicted molar refractivity (Wildman–Crippen MR) is 53.8 cm³/mol. The average Bonchev–Trinajstić information content (AvgIpc) is 2.73. The first-order valence-corrected chi connectivity index (χ1v) is 5.01. The van der Waals surface area contributed by atoms with Gasteiger partial charge in [0.2, 0.25) is 0 Å². The minimum atomic E-state index is 0.115. The molecule has 0 saturated heterocycles. The standard InChI is InChI=1S/C9H16N4O/c1-9(4-2-3-5-9)6-11-8-13-12-7(10)14-8/h2-6H2,1H3,(H2,10,12)(H,11,13). The Hall–Kier alpha value is -1.26. The summed E-state index contributed by atoms with van der Waals surface area (Å²) in [7, 11) is 0. The summed E-state index contributed by atoms with van der Waals surface area (Å²) in [6, 6.07) is 0.541. The highest BCUT2D eigenvalue weighted by Crippen LogP contribution is 2.37. The molecule has 0 aliphatic heterocycles. The smallest absolute Gasteiger partial charge is 0.316 e. The van der Waals surface area contributed by atoms with Crippen LogP contribution in [0.15, 0.2) is 4.42 Å². The molecule has 5 heteroatoms. The Morgan fingerprint density at radius 2 is 2.14 bits per heavy atom. The highest BCUT2D eigenvalue weighted by Gasteiger charge is 2.28. The lowest BCUT2D eigenvalue weighted by molar-refractivity contribution is 0.358. The van der Waals surface area contributed by atoms with Crippen LogP contribution in [0.1, 0.15) is 32.6 Å². The summed E-state index contributed by atoms with van der Waals surface area (Å²) in [6.45, 7) is 3.17. The summed E-state index contributed by atoms with van der Waals surface area (Å²) in [5, 5.41) is 10.5. The van der Waals surface area contributed by atoms with Crippen molar-refractivity contribution >= 4 is 12.0 Å². The van der Waals surface area contributed by atoms with Gasteiger partial charge in [-0.3, -0.25) is 0 Å². The Labute approximate surface area is 83.1 Å². The lowest BCUT2D eigenvalue weighted by Crippen LogP contribution is -2.23. The zero-order chi connectivity index (χ0) is 10.0. The molecule has 0 radical (unpaired) electrons. The zero-order valence-corrected chi connectivity index (χ0v) is 8.42. The second-order valence-corrected chi connectivity index (χ2v) is 4.32. The summed E-state index contributed by atoms with van der Waals surface area (Å²) >= 11 is 0. The molecule has 0 spiro atoms. The third kappa shape index (κ3) is 1.97. The number of nitrogen functional groups attached to an aromatic ring is 1. The molecule has 0 amide bonds. The Morgan fingerprint density at radius 3 is 2.71 bits per heavy atom. The van der Waals surface area contributed by atoms with Crippen molar-refractivity contribution in [3.8, 4) is 0 Å². The van der Waals surface area contributed by atoms with Gasteiger partial charge in [-0.1, -0.05) is 30.0 Å². The van der Waals surface area contributed by atoms with E-state index in [1.165, 1.54) is 25.7 Å². The van der Waals surface area contributed by atoms with Gasteiger partial charge in [0.05, 0.1) is 0 Å². The van der Waals surface area contributed by atoms with Crippen molar-refractivity contribution in [3.63, 3.8) is 0 Å². The van der Waals surface area contributed by atoms with Gasteiger partial charge in [0, 0.05) is 6.54 Å². The van der Waals surface area contributed by atoms with Crippen LogP contribution in [0.4, 0.5) is 12.0 Å². The van der Waals surface area contributed by atoms with E-state index in [0.717, 1.165) is 6.54 Å². The molecular formula is C9H16N4O. The maximum Gasteiger partial charge on any atom is 0.316 e. The molecule has 0 atom stereocenters. The van der Waals surface area contributed by atoms with Gasteiger partial charge in [0.25, 0.3) is 0 Å². The molecule has 0 aromatic carbocycles. The molecule has 0 unspecified atom stereocenters. The van der Waals surface area contributed by atoms with Crippen LogP contribution in [0.3, 0.4) is 0 Å². The van der Waals surface area contributed by atoms with E-state index < -0.39 is 0 Å². The molecule has 3 N–H and O–H groups in total. The summed E-state index contributed by atoms with van der Waals surface area (Å²) in [5.74, 6) is 0. The fourth-order valence-electron chi connectivity index (χ4n) is 2.00. The summed E-state index contributed by atoms with van der Waals surface area (Å²) in [4.78, 5) is 0. The molecule has 1 aromatic heterocycles. The number of hydrogen-bond acceptors (Lipinski definition) is 5. The number of nitrogens with one attached hydrogen (secondary N) is 1. The second-order valence-electron chi connectivity index (χ2n) is 4.32. The van der Waals surface area contributed by atoms with Crippen molar-refractivity contribution in [2.75, 3.05) is 17.6 Å². The molecule has 1 heterocycles. The molecule has 78 valence electrons. The van der Waals surface area contributed by atoms with Gasteiger partial charge < -0.3 is 15.5 Å². The molecule has 1 fully saturated rings. The van der Waals surface area contributed by atoms with Gasteiger partial charge >= 0.3 is 12.0 Å². The van der Waals surface area contributed by atoms with Gasteiger partial charge in [-0.25, -0.2) is 0 Å². The molecule has 0 bridgehead atoms. The van der Waals surface area contributed by atoms with E-state index in [4.69, 9.17) is 10.2 Å². The van der Waals surface area contributed by atoms with E-state index in [9.17, 15) is 0 Å². The first kappa shape index (κ1) is 9.30. The van der Waals surface area contributed by atoms with E-state index in [1.807, 2.05) is 0 Å². The number of nitrogens with two attached hydrogens (primary N) is 1. The molecule has 14 heavy (non-hydrogen) atoms. The normalized spacial score (nSPS) is 19.8. The number of hydrogen-bond donors (Lipinski definition) is 2. The Morgan fingerprint density at radius 1 is 1.43 bits per heavy atom. The van der Waals surface area contributed by atoms with Gasteiger partial charge in [-0.05, 0) is 18.3 Å². The molecule has 1 aliphatic carbocycles. The third-order valence-corrected chi connectivity index (χ3v) is 2.92. The Balaban J connectivity index is 1.87. The van der Waals surface area contributed by atoms with Crippen LogP contribution in [-0.4, -0.2) is 16.7 Å². The molecule has 5 nitrogen and oxygen atoms in total. The largest absolute Gasteiger partial charge is 0.390 e. The maximum absolute atomic E-state index is 5.32. The van der Waals surface area contributed by atoms with E-state index >= 15 is 0 Å². The van der Waals surface area contributed by atoms with Gasteiger partial charge in [0.1, 0.15) is 0 Å². The number of anilines is 2. The first-order chi connectivity index (χ1) is 6.68. The van der Waals surface area contributed by atoms with E-state index in [-0.39, 0.29) is 6.01 Å². The van der Waals surface area contributed by atoms with Crippen molar-refractivity contribution in [3.05, 3.63) is 0 Å². The van der Waals surface area contributed by atoms with Crippen LogP contribution in [0.25, 0.3) is 0 Å². The fourth-order valence-corrected chi connectivity index (χ4v) is 2.00. The summed E-state index contributed by atoms with van der Waals surface area (Å²) in [5.41, 5.74) is 5.69. The topological polar surface area (TPSA) is 77.0 Å². The molecule has 1 saturated carbocycles. The van der Waals surface area contributed by atoms with Crippen molar-refractivity contribution in [2.45, 2.75) is 32.6 Å². The van der Waals surface area contributed by atoms with Crippen LogP contribution in [0.5, 0.6) is 0 Å². The van der Waals surface area contributed by atoms with Gasteiger partial charge in [-0.2, -0.15) is 0 Å². The van der Waals surface area contributed by atoms with Gasteiger partial charge in [0.15, 0.2) is 0 Å². The maximum atomic E-state index is 5.32. The minimum Gasteiger partial charge on any atom is -0.390 e. The lowest BCUT2D eigenvalue weighted by Gasteiger charge is -2.22. The van der Waals surface area contributed by atoms with Crippen LogP contribution in [-0.2, 0) is 0 Å². The highest BCUT2D eigenvalue weighted by atomic mass is 16.4. The van der Waals surface area contributed by atoms with Crippen LogP contribution in [0, 0.1) is 5.41 Å². The van der Waals surface area contributed by atoms with Crippen LogP contribution < -0.4 is 11.1 Å². The highest BCUT2D eigenvalue weighted by molar-refractivity contribution is 5.23. The average molecular weight is 196 g/mol. The minimum absolute atomic E-state index is 0.115. The van der Waals surface area contributed by atoms with E-state index in [2.05, 4.69) is 22.4 Å². The lowest BCUT2D eigenvalue weighted by atomic mass is 9.89. The van der Waals surface area contributed by atoms with Crippen molar-refractivity contribution in [1.29, 1.82) is 0 Å². The number of rotatable bonds is 3. The number of aromatic nitrogens is 2. The second kappa shape index (κ2) is 3.48. The third-order valence-electron chi connectivity index (χ3n) is 2.92. The predicted octanol–water partition coefficient (Wildman–Crippen LogP) is 1.64. The first-order valence-electron chi connectivity index (χ1n) is 5.01. The molecule has 2 rings (SSSR count). The summed E-state index contributed by atoms with van der Waals surface area (Å²) in [6.07, 6.45) is 5.18. The molecule has 1 aromatic rings. The van der Waals surface area contributed by atoms with Crippen molar-refractivity contribution in [1.82, 2.24) is 10.2 Å². The van der Waals surface area contributed by atoms with Crippen molar-refractivity contribution < 1.29 is 4.42 Å². The van der Waals surface area contributed by atoms with Crippen LogP contribution >= 0.6 is 0 Å². The Kier molecular flexibility index (Phi) is 2.31. The van der Waals surface area contributed by atoms with Crippen LogP contribution in [0.2, 0.25) is 0 Å². The fraction of sp³-hybridized carbons (Fsp3) is 0.778. The van der Waals surface area contributed by atoms with E-state index in [1.54, 1.807) is 0 Å². The zero-order valence-electron chi connectivity index (χ0n) is 8.42. The van der Waals surface area contributed by atoms with Gasteiger partial charge in [-0.15, -0.1) is 0 Å². The Bertz CT molecular complexity index is 304. The summed E-state index contributed by atoms with van der Waals surface area (Å²) < 4.78 is 5.03.